The van der Waals surface area contributed by atoms with Gasteiger partial charge < -0.3 is 9.84 Å². The molecule has 1 N–H and O–H groups in total. The SMILES string of the molecule is CC(=O)c1ccc(OCc2ccccn2)c(C)c1O. The molecule has 0 spiro atoms. The Morgan fingerprint density at radius 3 is 2.74 bits per heavy atom. The molecule has 0 unspecified atom stereocenters. The van der Waals surface area contributed by atoms with Crippen LogP contribution in [0.1, 0.15) is 28.5 Å². The molecule has 2 rings (SSSR count). The highest BCUT2D eigenvalue weighted by atomic mass is 16.5. The molecule has 1 aromatic carbocycles. The molecule has 0 bridgehead atoms. The number of rotatable bonds is 4. The van der Waals surface area contributed by atoms with Crippen LogP contribution in [0.15, 0.2) is 36.5 Å². The third-order valence-corrected chi connectivity index (χ3v) is 2.86. The average molecular weight is 257 g/mol. The fraction of sp³-hybridized carbons (Fsp3) is 0.200. The van der Waals surface area contributed by atoms with Crippen molar-refractivity contribution in [3.63, 3.8) is 0 Å². The van der Waals surface area contributed by atoms with Crippen LogP contribution in [0.4, 0.5) is 0 Å². The van der Waals surface area contributed by atoms with Gasteiger partial charge in [0.15, 0.2) is 5.78 Å². The molecule has 1 aromatic heterocycles. The maximum absolute atomic E-state index is 11.3. The normalized spacial score (nSPS) is 10.2. The van der Waals surface area contributed by atoms with Crippen LogP contribution in [-0.4, -0.2) is 15.9 Å². The summed E-state index contributed by atoms with van der Waals surface area (Å²) in [5.74, 6) is 0.357. The number of Topliss-reactive ketones (excluding diaryl/α,β-unsaturated/α-hetero) is 1. The van der Waals surface area contributed by atoms with Gasteiger partial charge in [0, 0.05) is 11.8 Å². The van der Waals surface area contributed by atoms with Gasteiger partial charge in [-0.3, -0.25) is 9.78 Å². The van der Waals surface area contributed by atoms with Crippen LogP contribution >= 0.6 is 0 Å². The number of benzene rings is 1. The number of carbonyl (C=O) groups is 1. The van der Waals surface area contributed by atoms with Crippen molar-refractivity contribution in [2.75, 3.05) is 0 Å². The lowest BCUT2D eigenvalue weighted by Crippen LogP contribution is -2.01. The molecule has 0 amide bonds. The van der Waals surface area contributed by atoms with Crippen molar-refractivity contribution in [2.45, 2.75) is 20.5 Å². The third kappa shape index (κ3) is 2.91. The highest BCUT2D eigenvalue weighted by molar-refractivity contribution is 5.97. The van der Waals surface area contributed by atoms with Crippen molar-refractivity contribution in [3.05, 3.63) is 53.3 Å². The molecule has 0 saturated carbocycles. The molecule has 0 aliphatic heterocycles. The number of phenolic OH excluding ortho intramolecular Hbond substituents is 1. The highest BCUT2D eigenvalue weighted by Crippen LogP contribution is 2.31. The van der Waals surface area contributed by atoms with Crippen LogP contribution in [0.5, 0.6) is 11.5 Å². The fourth-order valence-corrected chi connectivity index (χ4v) is 1.76. The van der Waals surface area contributed by atoms with Crippen LogP contribution in [0, 0.1) is 6.92 Å². The minimum absolute atomic E-state index is 0.0222. The first kappa shape index (κ1) is 13.1. The first-order valence-electron chi connectivity index (χ1n) is 5.96. The Labute approximate surface area is 111 Å². The van der Waals surface area contributed by atoms with Crippen molar-refractivity contribution in [2.24, 2.45) is 0 Å². The van der Waals surface area contributed by atoms with Crippen molar-refractivity contribution in [1.82, 2.24) is 4.98 Å². The van der Waals surface area contributed by atoms with Crippen LogP contribution in [0.3, 0.4) is 0 Å². The quantitative estimate of drug-likeness (QED) is 0.855. The van der Waals surface area contributed by atoms with E-state index in [9.17, 15) is 9.90 Å². The molecule has 0 aliphatic carbocycles. The zero-order valence-electron chi connectivity index (χ0n) is 10.9. The van der Waals surface area contributed by atoms with Crippen LogP contribution in [-0.2, 0) is 6.61 Å². The first-order valence-corrected chi connectivity index (χ1v) is 5.96. The van der Waals surface area contributed by atoms with Gasteiger partial charge in [-0.25, -0.2) is 0 Å². The average Bonchev–Trinajstić information content (AvgIpc) is 2.41. The van der Waals surface area contributed by atoms with Gasteiger partial charge in [-0.15, -0.1) is 0 Å². The van der Waals surface area contributed by atoms with E-state index in [1.165, 1.54) is 6.92 Å². The molecule has 2 aromatic rings. The minimum atomic E-state index is -0.170. The predicted molar refractivity (Wildman–Crippen MR) is 71.4 cm³/mol. The number of hydrogen-bond donors (Lipinski definition) is 1. The summed E-state index contributed by atoms with van der Waals surface area (Å²) in [4.78, 5) is 15.4. The van der Waals surface area contributed by atoms with Gasteiger partial charge in [0.1, 0.15) is 18.1 Å². The van der Waals surface area contributed by atoms with Crippen LogP contribution in [0.2, 0.25) is 0 Å². The monoisotopic (exact) mass is 257 g/mol. The Kier molecular flexibility index (Phi) is 3.80. The second-order valence-corrected chi connectivity index (χ2v) is 4.25. The number of hydrogen-bond acceptors (Lipinski definition) is 4. The second-order valence-electron chi connectivity index (χ2n) is 4.25. The summed E-state index contributed by atoms with van der Waals surface area (Å²) in [6.45, 7) is 3.46. The van der Waals surface area contributed by atoms with Crippen LogP contribution in [0.25, 0.3) is 0 Å². The summed E-state index contributed by atoms with van der Waals surface area (Å²) >= 11 is 0. The number of ether oxygens (including phenoxy) is 1. The van der Waals surface area contributed by atoms with E-state index in [1.807, 2.05) is 18.2 Å². The van der Waals surface area contributed by atoms with Crippen molar-refractivity contribution < 1.29 is 14.6 Å². The first-order chi connectivity index (χ1) is 9.09. The highest BCUT2D eigenvalue weighted by Gasteiger charge is 2.13. The molecule has 0 atom stereocenters. The van der Waals surface area contributed by atoms with Gasteiger partial charge >= 0.3 is 0 Å². The molecule has 0 fully saturated rings. The van der Waals surface area contributed by atoms with Crippen LogP contribution < -0.4 is 4.74 Å². The summed E-state index contributed by atoms with van der Waals surface area (Å²) in [6, 6.07) is 8.84. The van der Waals surface area contributed by atoms with Gasteiger partial charge in [-0.2, -0.15) is 0 Å². The number of nitrogens with zero attached hydrogens (tertiary/aromatic N) is 1. The molecule has 0 aliphatic rings. The molecular formula is C15H15NO3. The number of phenols is 1. The molecule has 4 nitrogen and oxygen atoms in total. The number of aromatic nitrogens is 1. The molecule has 0 radical (unpaired) electrons. The van der Waals surface area contributed by atoms with Gasteiger partial charge in [0.05, 0.1) is 11.3 Å². The number of carbonyl (C=O) groups excluding carboxylic acids is 1. The van der Waals surface area contributed by atoms with E-state index in [0.717, 1.165) is 5.69 Å². The molecular weight excluding hydrogens is 242 g/mol. The van der Waals surface area contributed by atoms with E-state index in [1.54, 1.807) is 25.3 Å². The van der Waals surface area contributed by atoms with E-state index in [2.05, 4.69) is 4.98 Å². The number of pyridine rings is 1. The van der Waals surface area contributed by atoms with Crippen molar-refractivity contribution in [1.29, 1.82) is 0 Å². The van der Waals surface area contributed by atoms with Gasteiger partial charge in [-0.05, 0) is 38.1 Å². The summed E-state index contributed by atoms with van der Waals surface area (Å²) in [7, 11) is 0. The Hall–Kier alpha value is -2.36. The fourth-order valence-electron chi connectivity index (χ4n) is 1.76. The van der Waals surface area contributed by atoms with Gasteiger partial charge in [0.2, 0.25) is 0 Å². The molecule has 1 heterocycles. The molecule has 4 heteroatoms. The lowest BCUT2D eigenvalue weighted by molar-refractivity contribution is 0.101. The summed E-state index contributed by atoms with van der Waals surface area (Å²) < 4.78 is 5.60. The Morgan fingerprint density at radius 2 is 2.11 bits per heavy atom. The lowest BCUT2D eigenvalue weighted by Gasteiger charge is -2.11. The predicted octanol–water partition coefficient (Wildman–Crippen LogP) is 2.88. The summed E-state index contributed by atoms with van der Waals surface area (Å²) in [6.07, 6.45) is 1.70. The van der Waals surface area contributed by atoms with Gasteiger partial charge in [-0.1, -0.05) is 6.07 Å². The van der Waals surface area contributed by atoms with E-state index >= 15 is 0 Å². The van der Waals surface area contributed by atoms with Crippen molar-refractivity contribution >= 4 is 5.78 Å². The Balaban J connectivity index is 2.18. The minimum Gasteiger partial charge on any atom is -0.507 e. The maximum atomic E-state index is 11.3. The van der Waals surface area contributed by atoms with Crippen molar-refractivity contribution in [3.8, 4) is 11.5 Å². The van der Waals surface area contributed by atoms with E-state index < -0.39 is 0 Å². The van der Waals surface area contributed by atoms with E-state index in [0.29, 0.717) is 23.5 Å². The van der Waals surface area contributed by atoms with E-state index in [4.69, 9.17) is 4.74 Å². The molecule has 19 heavy (non-hydrogen) atoms. The van der Waals surface area contributed by atoms with E-state index in [-0.39, 0.29) is 11.5 Å². The second kappa shape index (κ2) is 5.52. The van der Waals surface area contributed by atoms with Gasteiger partial charge in [0.25, 0.3) is 0 Å². The maximum Gasteiger partial charge on any atom is 0.163 e. The topological polar surface area (TPSA) is 59.4 Å². The smallest absolute Gasteiger partial charge is 0.163 e. The lowest BCUT2D eigenvalue weighted by atomic mass is 10.1. The Morgan fingerprint density at radius 1 is 1.32 bits per heavy atom. The number of aromatic hydroxyl groups is 1. The summed E-state index contributed by atoms with van der Waals surface area (Å²) in [5, 5.41) is 9.93. The Bertz CT molecular complexity index is 594. The molecule has 0 saturated heterocycles. The molecule has 98 valence electrons. The number of ketones is 1. The third-order valence-electron chi connectivity index (χ3n) is 2.86. The largest absolute Gasteiger partial charge is 0.507 e. The standard InChI is InChI=1S/C15H15NO3/c1-10-14(7-6-13(11(2)17)15(10)18)19-9-12-5-3-4-8-16-12/h3-8,18H,9H2,1-2H3. The zero-order chi connectivity index (χ0) is 13.8. The summed E-state index contributed by atoms with van der Waals surface area (Å²) in [5.41, 5.74) is 1.67. The zero-order valence-corrected chi connectivity index (χ0v) is 10.9.